The third-order valence-electron chi connectivity index (χ3n) is 5.45. The number of carbonyl (C=O) groups is 2. The van der Waals surface area contributed by atoms with Crippen molar-refractivity contribution in [1.82, 2.24) is 20.1 Å². The lowest BCUT2D eigenvalue weighted by Crippen LogP contribution is -2.57. The van der Waals surface area contributed by atoms with E-state index in [0.29, 0.717) is 19.0 Å². The van der Waals surface area contributed by atoms with Gasteiger partial charge in [-0.1, -0.05) is 30.3 Å². The van der Waals surface area contributed by atoms with Crippen LogP contribution in [-0.2, 0) is 16.1 Å². The van der Waals surface area contributed by atoms with Gasteiger partial charge in [-0.3, -0.25) is 19.5 Å². The van der Waals surface area contributed by atoms with E-state index in [1.54, 1.807) is 12.4 Å². The van der Waals surface area contributed by atoms with Crippen LogP contribution in [0.15, 0.2) is 54.9 Å². The average molecular weight is 364 g/mol. The van der Waals surface area contributed by atoms with Crippen LogP contribution in [0.25, 0.3) is 0 Å². The molecule has 27 heavy (non-hydrogen) atoms. The van der Waals surface area contributed by atoms with E-state index in [9.17, 15) is 9.59 Å². The van der Waals surface area contributed by atoms with Gasteiger partial charge in [-0.25, -0.2) is 0 Å². The predicted octanol–water partition coefficient (Wildman–Crippen LogP) is 1.40. The number of nitrogens with zero attached hydrogens (tertiary/aromatic N) is 3. The Morgan fingerprint density at radius 1 is 1.11 bits per heavy atom. The van der Waals surface area contributed by atoms with Crippen LogP contribution in [0.5, 0.6) is 0 Å². The molecule has 1 aromatic carbocycles. The highest BCUT2D eigenvalue weighted by Crippen LogP contribution is 2.27. The third-order valence-corrected chi connectivity index (χ3v) is 5.45. The van der Waals surface area contributed by atoms with Crippen LogP contribution in [0.3, 0.4) is 0 Å². The SMILES string of the molecule is O=C1NCCN(Cc2ccccc2)C1CC(=O)N1CC(c2ccncc2)C1. The first-order valence-electron chi connectivity index (χ1n) is 9.44. The van der Waals surface area contributed by atoms with Crippen molar-refractivity contribution in [3.63, 3.8) is 0 Å². The summed E-state index contributed by atoms with van der Waals surface area (Å²) < 4.78 is 0. The minimum atomic E-state index is -0.397. The van der Waals surface area contributed by atoms with Crippen molar-refractivity contribution in [2.45, 2.75) is 24.9 Å². The molecule has 2 aliphatic rings. The van der Waals surface area contributed by atoms with E-state index >= 15 is 0 Å². The molecular weight excluding hydrogens is 340 g/mol. The van der Waals surface area contributed by atoms with Crippen molar-refractivity contribution in [1.29, 1.82) is 0 Å². The molecule has 6 heteroatoms. The summed E-state index contributed by atoms with van der Waals surface area (Å²) in [5, 5.41) is 2.90. The number of hydrogen-bond acceptors (Lipinski definition) is 4. The van der Waals surface area contributed by atoms with E-state index in [1.165, 1.54) is 5.56 Å². The van der Waals surface area contributed by atoms with Crippen LogP contribution in [0.1, 0.15) is 23.5 Å². The van der Waals surface area contributed by atoms with E-state index in [2.05, 4.69) is 27.3 Å². The molecule has 2 amide bonds. The lowest BCUT2D eigenvalue weighted by molar-refractivity contribution is -0.142. The molecule has 2 aromatic rings. The second kappa shape index (κ2) is 7.88. The zero-order valence-corrected chi connectivity index (χ0v) is 15.3. The van der Waals surface area contributed by atoms with E-state index in [-0.39, 0.29) is 18.2 Å². The van der Waals surface area contributed by atoms with Gasteiger partial charge in [0.25, 0.3) is 0 Å². The Hall–Kier alpha value is -2.73. The number of hydrogen-bond donors (Lipinski definition) is 1. The molecule has 1 N–H and O–H groups in total. The second-order valence-corrected chi connectivity index (χ2v) is 7.24. The number of rotatable bonds is 5. The second-order valence-electron chi connectivity index (χ2n) is 7.24. The van der Waals surface area contributed by atoms with Crippen LogP contribution >= 0.6 is 0 Å². The fraction of sp³-hybridized carbons (Fsp3) is 0.381. The molecular formula is C21H24N4O2. The standard InChI is InChI=1S/C21H24N4O2/c26-20(25-14-18(15-25)17-6-8-22-9-7-17)12-19-21(27)23-10-11-24(19)13-16-4-2-1-3-5-16/h1-9,18-19H,10-15H2,(H,23,27). The highest BCUT2D eigenvalue weighted by Gasteiger charge is 2.37. The first kappa shape index (κ1) is 17.7. The first-order valence-corrected chi connectivity index (χ1v) is 9.44. The van der Waals surface area contributed by atoms with Crippen molar-refractivity contribution < 1.29 is 9.59 Å². The molecule has 0 spiro atoms. The number of amides is 2. The summed E-state index contributed by atoms with van der Waals surface area (Å²) >= 11 is 0. The molecule has 2 fully saturated rings. The molecule has 3 heterocycles. The Morgan fingerprint density at radius 3 is 2.59 bits per heavy atom. The zero-order chi connectivity index (χ0) is 18.6. The number of likely N-dealkylation sites (tertiary alicyclic amines) is 1. The van der Waals surface area contributed by atoms with Crippen molar-refractivity contribution in [2.75, 3.05) is 26.2 Å². The van der Waals surface area contributed by atoms with Crippen molar-refractivity contribution in [3.05, 3.63) is 66.0 Å². The Bertz CT molecular complexity index is 790. The van der Waals surface area contributed by atoms with Crippen molar-refractivity contribution in [3.8, 4) is 0 Å². The van der Waals surface area contributed by atoms with Gasteiger partial charge in [-0.15, -0.1) is 0 Å². The normalized spacial score (nSPS) is 20.8. The molecule has 0 aliphatic carbocycles. The van der Waals surface area contributed by atoms with Crippen LogP contribution in [0, 0.1) is 0 Å². The molecule has 0 saturated carbocycles. The average Bonchev–Trinajstić information content (AvgIpc) is 2.65. The molecule has 0 bridgehead atoms. The first-order chi connectivity index (χ1) is 13.2. The summed E-state index contributed by atoms with van der Waals surface area (Å²) in [5.41, 5.74) is 2.38. The summed E-state index contributed by atoms with van der Waals surface area (Å²) in [6.45, 7) is 3.51. The number of aromatic nitrogens is 1. The van der Waals surface area contributed by atoms with Crippen LogP contribution in [0.4, 0.5) is 0 Å². The maximum atomic E-state index is 12.7. The van der Waals surface area contributed by atoms with Gasteiger partial charge in [0.1, 0.15) is 0 Å². The van der Waals surface area contributed by atoms with Gasteiger partial charge in [0.05, 0.1) is 12.5 Å². The molecule has 140 valence electrons. The summed E-state index contributed by atoms with van der Waals surface area (Å²) in [7, 11) is 0. The van der Waals surface area contributed by atoms with Gasteiger partial charge in [0, 0.05) is 51.0 Å². The highest BCUT2D eigenvalue weighted by atomic mass is 16.2. The maximum Gasteiger partial charge on any atom is 0.237 e. The van der Waals surface area contributed by atoms with E-state index in [1.807, 2.05) is 35.2 Å². The molecule has 6 nitrogen and oxygen atoms in total. The third kappa shape index (κ3) is 4.01. The van der Waals surface area contributed by atoms with Crippen molar-refractivity contribution in [2.24, 2.45) is 0 Å². The van der Waals surface area contributed by atoms with Gasteiger partial charge in [-0.05, 0) is 23.3 Å². The number of benzene rings is 1. The maximum absolute atomic E-state index is 12.7. The van der Waals surface area contributed by atoms with Gasteiger partial charge in [0.2, 0.25) is 11.8 Å². The topological polar surface area (TPSA) is 65.5 Å². The lowest BCUT2D eigenvalue weighted by atomic mass is 9.91. The molecule has 2 aliphatic heterocycles. The van der Waals surface area contributed by atoms with E-state index in [4.69, 9.17) is 0 Å². The molecule has 4 rings (SSSR count). The van der Waals surface area contributed by atoms with E-state index in [0.717, 1.165) is 25.2 Å². The summed E-state index contributed by atoms with van der Waals surface area (Å²) in [6.07, 6.45) is 3.81. The molecule has 1 aromatic heterocycles. The Labute approximate surface area is 159 Å². The number of pyridine rings is 1. The fourth-order valence-electron chi connectivity index (χ4n) is 3.81. The van der Waals surface area contributed by atoms with Gasteiger partial charge in [0.15, 0.2) is 0 Å². The predicted molar refractivity (Wildman–Crippen MR) is 102 cm³/mol. The van der Waals surface area contributed by atoms with Crippen LogP contribution in [0.2, 0.25) is 0 Å². The Morgan fingerprint density at radius 2 is 1.85 bits per heavy atom. The zero-order valence-electron chi connectivity index (χ0n) is 15.3. The number of piperazine rings is 1. The highest BCUT2D eigenvalue weighted by molar-refractivity contribution is 5.89. The number of nitrogens with one attached hydrogen (secondary N) is 1. The fourth-order valence-corrected chi connectivity index (χ4v) is 3.81. The lowest BCUT2D eigenvalue weighted by Gasteiger charge is -2.41. The monoisotopic (exact) mass is 364 g/mol. The quantitative estimate of drug-likeness (QED) is 0.871. The molecule has 2 saturated heterocycles. The summed E-state index contributed by atoms with van der Waals surface area (Å²) in [6, 6.07) is 13.7. The van der Waals surface area contributed by atoms with Crippen LogP contribution < -0.4 is 5.32 Å². The Balaban J connectivity index is 1.36. The Kier molecular flexibility index (Phi) is 5.16. The van der Waals surface area contributed by atoms with Crippen LogP contribution in [-0.4, -0.2) is 58.8 Å². The minimum absolute atomic E-state index is 0.0447. The summed E-state index contributed by atoms with van der Waals surface area (Å²) in [5.74, 6) is 0.384. The molecule has 0 radical (unpaired) electrons. The molecule has 1 atom stereocenters. The van der Waals surface area contributed by atoms with Crippen molar-refractivity contribution >= 4 is 11.8 Å². The smallest absolute Gasteiger partial charge is 0.237 e. The van der Waals surface area contributed by atoms with Gasteiger partial charge < -0.3 is 10.2 Å². The molecule has 1 unspecified atom stereocenters. The minimum Gasteiger partial charge on any atom is -0.353 e. The van der Waals surface area contributed by atoms with Gasteiger partial charge in [-0.2, -0.15) is 0 Å². The summed E-state index contributed by atoms with van der Waals surface area (Å²) in [4.78, 5) is 33.1. The van der Waals surface area contributed by atoms with Gasteiger partial charge >= 0.3 is 0 Å². The van der Waals surface area contributed by atoms with E-state index < -0.39 is 6.04 Å². The largest absolute Gasteiger partial charge is 0.353 e. The number of carbonyl (C=O) groups excluding carboxylic acids is 2.